The van der Waals surface area contributed by atoms with Crippen molar-refractivity contribution < 1.29 is 4.74 Å². The first-order valence-electron chi connectivity index (χ1n) is 5.76. The van der Waals surface area contributed by atoms with E-state index < -0.39 is 0 Å². The van der Waals surface area contributed by atoms with Crippen molar-refractivity contribution in [3.63, 3.8) is 0 Å². The minimum Gasteiger partial charge on any atom is -0.501 e. The lowest BCUT2D eigenvalue weighted by atomic mass is 10.00. The van der Waals surface area contributed by atoms with E-state index in [1.807, 2.05) is 11.8 Å². The molecule has 0 saturated heterocycles. The lowest BCUT2D eigenvalue weighted by Gasteiger charge is -2.23. The van der Waals surface area contributed by atoms with Gasteiger partial charge < -0.3 is 10.1 Å². The zero-order valence-electron chi connectivity index (χ0n) is 9.82. The Bertz CT molecular complexity index is 373. The molecule has 2 heterocycles. The van der Waals surface area contributed by atoms with Crippen LogP contribution >= 0.6 is 11.3 Å². The molecular formula is C12H18N2OS. The van der Waals surface area contributed by atoms with E-state index in [1.54, 1.807) is 11.3 Å². The number of hydrogen-bond acceptors (Lipinski definition) is 4. The van der Waals surface area contributed by atoms with Crippen molar-refractivity contribution in [2.45, 2.75) is 32.7 Å². The van der Waals surface area contributed by atoms with Crippen LogP contribution in [0.25, 0.3) is 0 Å². The second-order valence-electron chi connectivity index (χ2n) is 3.96. The fraction of sp³-hybridized carbons (Fsp3) is 0.583. The van der Waals surface area contributed by atoms with E-state index in [9.17, 15) is 0 Å². The number of thiazole rings is 1. The molecule has 1 aliphatic rings. The van der Waals surface area contributed by atoms with Gasteiger partial charge in [-0.1, -0.05) is 6.92 Å². The first-order chi connectivity index (χ1) is 7.83. The molecule has 1 unspecified atom stereocenters. The topological polar surface area (TPSA) is 34.1 Å². The summed E-state index contributed by atoms with van der Waals surface area (Å²) in [5.41, 5.74) is 4.39. The van der Waals surface area contributed by atoms with E-state index in [0.717, 1.165) is 31.7 Å². The lowest BCUT2D eigenvalue weighted by Crippen LogP contribution is -2.24. The first kappa shape index (κ1) is 11.6. The van der Waals surface area contributed by atoms with Crippen LogP contribution in [-0.4, -0.2) is 18.1 Å². The summed E-state index contributed by atoms with van der Waals surface area (Å²) >= 11 is 1.72. The molecule has 16 heavy (non-hydrogen) atoms. The molecule has 1 atom stereocenters. The van der Waals surface area contributed by atoms with Crippen molar-refractivity contribution in [1.29, 1.82) is 0 Å². The number of hydrogen-bond donors (Lipinski definition) is 1. The Morgan fingerprint density at radius 3 is 3.06 bits per heavy atom. The Hall–Kier alpha value is -0.870. The molecule has 0 aromatic carbocycles. The molecule has 0 radical (unpaired) electrons. The molecule has 3 nitrogen and oxygen atoms in total. The highest BCUT2D eigenvalue weighted by molar-refractivity contribution is 7.09. The van der Waals surface area contributed by atoms with E-state index >= 15 is 0 Å². The Kier molecular flexibility index (Phi) is 3.96. The molecule has 0 aliphatic carbocycles. The fourth-order valence-corrected chi connectivity index (χ4v) is 2.90. The van der Waals surface area contributed by atoms with Gasteiger partial charge in [-0.3, -0.25) is 0 Å². The fourth-order valence-electron chi connectivity index (χ4n) is 1.98. The van der Waals surface area contributed by atoms with Gasteiger partial charge in [0.1, 0.15) is 0 Å². The number of ether oxygens (including phenoxy) is 1. The molecule has 0 fully saturated rings. The van der Waals surface area contributed by atoms with Crippen LogP contribution in [0.2, 0.25) is 0 Å². The zero-order valence-corrected chi connectivity index (χ0v) is 10.6. The third-order valence-corrected chi connectivity index (χ3v) is 3.78. The second-order valence-corrected chi connectivity index (χ2v) is 4.85. The van der Waals surface area contributed by atoms with Gasteiger partial charge in [-0.2, -0.15) is 0 Å². The van der Waals surface area contributed by atoms with E-state index in [0.29, 0.717) is 0 Å². The van der Waals surface area contributed by atoms with Crippen LogP contribution in [0.5, 0.6) is 0 Å². The largest absolute Gasteiger partial charge is 0.501 e. The minimum absolute atomic E-state index is 0.290. The maximum absolute atomic E-state index is 5.43. The Balaban J connectivity index is 2.23. The van der Waals surface area contributed by atoms with Gasteiger partial charge in [0.25, 0.3) is 0 Å². The van der Waals surface area contributed by atoms with Crippen molar-refractivity contribution in [1.82, 2.24) is 10.3 Å². The van der Waals surface area contributed by atoms with Crippen molar-refractivity contribution >= 4 is 11.3 Å². The number of nitrogens with zero attached hydrogens (tertiary/aromatic N) is 1. The maximum Gasteiger partial charge on any atom is 0.0876 e. The summed E-state index contributed by atoms with van der Waals surface area (Å²) in [5, 5.41) is 3.52. The van der Waals surface area contributed by atoms with Crippen molar-refractivity contribution in [3.8, 4) is 0 Å². The second kappa shape index (κ2) is 5.46. The van der Waals surface area contributed by atoms with Crippen LogP contribution in [0.4, 0.5) is 0 Å². The molecule has 0 saturated carbocycles. The Morgan fingerprint density at radius 2 is 2.50 bits per heavy atom. The molecule has 2 rings (SSSR count). The standard InChI is InChI=1S/C12H18N2OS/c1-3-13-11(10-5-4-6-15-7-10)12-9(2)14-8-16-12/h7-8,11,13H,3-6H2,1-2H3. The average Bonchev–Trinajstić information content (AvgIpc) is 2.73. The molecular weight excluding hydrogens is 220 g/mol. The predicted octanol–water partition coefficient (Wildman–Crippen LogP) is 2.80. The molecule has 1 aliphatic heterocycles. The summed E-state index contributed by atoms with van der Waals surface area (Å²) in [6, 6.07) is 0.290. The van der Waals surface area contributed by atoms with Gasteiger partial charge in [-0.05, 0) is 31.9 Å². The summed E-state index contributed by atoms with van der Waals surface area (Å²) in [7, 11) is 0. The van der Waals surface area contributed by atoms with Crippen molar-refractivity contribution in [3.05, 3.63) is 27.9 Å². The summed E-state index contributed by atoms with van der Waals surface area (Å²) in [5.74, 6) is 0. The summed E-state index contributed by atoms with van der Waals surface area (Å²) in [4.78, 5) is 5.64. The smallest absolute Gasteiger partial charge is 0.0876 e. The van der Waals surface area contributed by atoms with Gasteiger partial charge in [0.2, 0.25) is 0 Å². The third kappa shape index (κ3) is 2.44. The summed E-state index contributed by atoms with van der Waals surface area (Å²) in [6.45, 7) is 6.01. The number of rotatable bonds is 4. The van der Waals surface area contributed by atoms with E-state index in [-0.39, 0.29) is 6.04 Å². The van der Waals surface area contributed by atoms with Gasteiger partial charge in [0.15, 0.2) is 0 Å². The average molecular weight is 238 g/mol. The zero-order chi connectivity index (χ0) is 11.4. The summed E-state index contributed by atoms with van der Waals surface area (Å²) < 4.78 is 5.43. The Morgan fingerprint density at radius 1 is 1.62 bits per heavy atom. The van der Waals surface area contributed by atoms with Gasteiger partial charge in [0.05, 0.1) is 30.1 Å². The number of likely N-dealkylation sites (N-methyl/N-ethyl adjacent to an activating group) is 1. The van der Waals surface area contributed by atoms with Crippen molar-refractivity contribution in [2.75, 3.05) is 13.2 Å². The number of aromatic nitrogens is 1. The van der Waals surface area contributed by atoms with Crippen LogP contribution in [0, 0.1) is 6.92 Å². The highest BCUT2D eigenvalue weighted by Crippen LogP contribution is 2.31. The molecule has 1 aromatic heterocycles. The lowest BCUT2D eigenvalue weighted by molar-refractivity contribution is 0.219. The molecule has 1 aromatic rings. The number of nitrogens with one attached hydrogen (secondary N) is 1. The van der Waals surface area contributed by atoms with E-state index in [2.05, 4.69) is 24.1 Å². The maximum atomic E-state index is 5.43. The van der Waals surface area contributed by atoms with Crippen LogP contribution < -0.4 is 5.32 Å². The van der Waals surface area contributed by atoms with Gasteiger partial charge in [-0.15, -0.1) is 11.3 Å². The van der Waals surface area contributed by atoms with E-state index in [1.165, 1.54) is 10.5 Å². The minimum atomic E-state index is 0.290. The van der Waals surface area contributed by atoms with Gasteiger partial charge in [-0.25, -0.2) is 4.98 Å². The molecule has 0 spiro atoms. The normalized spacial score (nSPS) is 17.8. The molecule has 88 valence electrons. The monoisotopic (exact) mass is 238 g/mol. The SMILES string of the molecule is CCNC(C1=COCCC1)c1scnc1C. The first-order valence-corrected chi connectivity index (χ1v) is 6.64. The third-order valence-electron chi connectivity index (χ3n) is 2.79. The van der Waals surface area contributed by atoms with E-state index in [4.69, 9.17) is 4.74 Å². The molecule has 0 amide bonds. The summed E-state index contributed by atoms with van der Waals surface area (Å²) in [6.07, 6.45) is 4.16. The molecule has 1 N–H and O–H groups in total. The quantitative estimate of drug-likeness (QED) is 0.876. The number of aryl methyl sites for hydroxylation is 1. The van der Waals surface area contributed by atoms with Crippen LogP contribution in [0.15, 0.2) is 17.3 Å². The van der Waals surface area contributed by atoms with Crippen LogP contribution in [0.1, 0.15) is 36.4 Å². The van der Waals surface area contributed by atoms with Crippen LogP contribution in [0.3, 0.4) is 0 Å². The van der Waals surface area contributed by atoms with Gasteiger partial charge in [0, 0.05) is 4.88 Å². The van der Waals surface area contributed by atoms with Gasteiger partial charge >= 0.3 is 0 Å². The highest BCUT2D eigenvalue weighted by atomic mass is 32.1. The Labute approximate surface area is 101 Å². The van der Waals surface area contributed by atoms with Crippen LogP contribution in [-0.2, 0) is 4.74 Å². The van der Waals surface area contributed by atoms with Crippen molar-refractivity contribution in [2.24, 2.45) is 0 Å². The predicted molar refractivity (Wildman–Crippen MR) is 66.5 cm³/mol. The molecule has 4 heteroatoms. The molecule has 0 bridgehead atoms. The highest BCUT2D eigenvalue weighted by Gasteiger charge is 2.21.